The molecule has 0 spiro atoms. The summed E-state index contributed by atoms with van der Waals surface area (Å²) in [5, 5.41) is 2.71. The molecule has 8 heteroatoms. The maximum atomic E-state index is 13.0. The van der Waals surface area contributed by atoms with Crippen molar-refractivity contribution in [3.05, 3.63) is 23.8 Å². The molecule has 0 radical (unpaired) electrons. The van der Waals surface area contributed by atoms with Gasteiger partial charge in [-0.2, -0.15) is 0 Å². The summed E-state index contributed by atoms with van der Waals surface area (Å²) >= 11 is 0. The topological polar surface area (TPSA) is 88.2 Å². The molecule has 2 saturated heterocycles. The number of carbonyl (C=O) groups is 3. The highest BCUT2D eigenvalue weighted by Gasteiger charge is 2.50. The molecule has 2 heterocycles. The molecule has 2 fully saturated rings. The van der Waals surface area contributed by atoms with Gasteiger partial charge in [-0.05, 0) is 43.9 Å². The second-order valence-corrected chi connectivity index (χ2v) is 6.96. The average Bonchev–Trinajstić information content (AvgIpc) is 2.92. The first-order chi connectivity index (χ1) is 12.9. The van der Waals surface area contributed by atoms with Crippen molar-refractivity contribution in [3.63, 3.8) is 0 Å². The van der Waals surface area contributed by atoms with Crippen LogP contribution in [0.4, 0.5) is 4.79 Å². The van der Waals surface area contributed by atoms with Crippen molar-refractivity contribution in [1.82, 2.24) is 15.1 Å². The van der Waals surface area contributed by atoms with E-state index in [0.29, 0.717) is 30.2 Å². The molecule has 1 aromatic rings. The second-order valence-electron chi connectivity index (χ2n) is 6.96. The molecular weight excluding hydrogens is 350 g/mol. The van der Waals surface area contributed by atoms with Crippen molar-refractivity contribution >= 4 is 17.8 Å². The van der Waals surface area contributed by atoms with Gasteiger partial charge in [0.1, 0.15) is 12.1 Å². The number of imide groups is 1. The van der Waals surface area contributed by atoms with Crippen LogP contribution in [0, 0.1) is 0 Å². The molecule has 0 aromatic heterocycles. The minimum Gasteiger partial charge on any atom is -0.493 e. The van der Waals surface area contributed by atoms with E-state index in [9.17, 15) is 14.4 Å². The molecule has 27 heavy (non-hydrogen) atoms. The lowest BCUT2D eigenvalue weighted by atomic mass is 9.91. The average molecular weight is 375 g/mol. The quantitative estimate of drug-likeness (QED) is 0.788. The van der Waals surface area contributed by atoms with E-state index in [0.717, 1.165) is 24.2 Å². The standard InChI is InChI=1S/C19H25N3O5/c1-19(13-7-8-14(26-2)15(11-13)27-3)17(24)22(18(25)20-19)12-16(23)21-9-5-4-6-10-21/h7-8,11H,4-6,9-10,12H2,1-3H3,(H,20,25). The molecule has 4 amide bonds. The molecule has 2 aliphatic rings. The number of methoxy groups -OCH3 is 2. The Hall–Kier alpha value is -2.77. The van der Waals surface area contributed by atoms with Crippen LogP contribution in [0.2, 0.25) is 0 Å². The van der Waals surface area contributed by atoms with Crippen molar-refractivity contribution in [2.75, 3.05) is 33.9 Å². The van der Waals surface area contributed by atoms with Gasteiger partial charge >= 0.3 is 6.03 Å². The molecule has 1 aromatic carbocycles. The fraction of sp³-hybridized carbons (Fsp3) is 0.526. The van der Waals surface area contributed by atoms with Crippen LogP contribution >= 0.6 is 0 Å². The Morgan fingerprint density at radius 2 is 1.78 bits per heavy atom. The molecule has 3 rings (SSSR count). The van der Waals surface area contributed by atoms with Crippen LogP contribution in [0.3, 0.4) is 0 Å². The third-order valence-electron chi connectivity index (χ3n) is 5.24. The van der Waals surface area contributed by atoms with Crippen molar-refractivity contribution in [2.45, 2.75) is 31.7 Å². The first kappa shape index (κ1) is 19.0. The van der Waals surface area contributed by atoms with Crippen LogP contribution in [-0.4, -0.2) is 61.5 Å². The highest BCUT2D eigenvalue weighted by Crippen LogP contribution is 2.35. The summed E-state index contributed by atoms with van der Waals surface area (Å²) < 4.78 is 10.5. The van der Waals surface area contributed by atoms with E-state index in [1.165, 1.54) is 14.2 Å². The molecule has 8 nitrogen and oxygen atoms in total. The number of ether oxygens (including phenoxy) is 2. The highest BCUT2D eigenvalue weighted by molar-refractivity contribution is 6.09. The minimum atomic E-state index is -1.27. The number of amides is 4. The summed E-state index contributed by atoms with van der Waals surface area (Å²) in [5.74, 6) is 0.333. The molecule has 146 valence electrons. The van der Waals surface area contributed by atoms with Gasteiger partial charge in [0.15, 0.2) is 11.5 Å². The first-order valence-corrected chi connectivity index (χ1v) is 9.05. The Labute approximate surface area is 158 Å². The van der Waals surface area contributed by atoms with Crippen LogP contribution in [0.15, 0.2) is 18.2 Å². The van der Waals surface area contributed by atoms with Gasteiger partial charge in [0, 0.05) is 13.1 Å². The van der Waals surface area contributed by atoms with Crippen molar-refractivity contribution in [3.8, 4) is 11.5 Å². The molecule has 1 N–H and O–H groups in total. The number of hydrogen-bond donors (Lipinski definition) is 1. The monoisotopic (exact) mass is 375 g/mol. The molecule has 2 aliphatic heterocycles. The van der Waals surface area contributed by atoms with Crippen molar-refractivity contribution < 1.29 is 23.9 Å². The predicted molar refractivity (Wildman–Crippen MR) is 97.6 cm³/mol. The number of benzene rings is 1. The van der Waals surface area contributed by atoms with E-state index in [1.54, 1.807) is 30.0 Å². The zero-order valence-corrected chi connectivity index (χ0v) is 15.9. The lowest BCUT2D eigenvalue weighted by molar-refractivity contribution is -0.139. The van der Waals surface area contributed by atoms with Gasteiger partial charge in [0.2, 0.25) is 5.91 Å². The Bertz CT molecular complexity index is 760. The van der Waals surface area contributed by atoms with Crippen LogP contribution in [0.1, 0.15) is 31.7 Å². The fourth-order valence-corrected chi connectivity index (χ4v) is 3.56. The zero-order chi connectivity index (χ0) is 19.6. The van der Waals surface area contributed by atoms with Crippen LogP contribution in [0.25, 0.3) is 0 Å². The number of rotatable bonds is 5. The van der Waals surface area contributed by atoms with Gasteiger partial charge < -0.3 is 19.7 Å². The van der Waals surface area contributed by atoms with Crippen LogP contribution < -0.4 is 14.8 Å². The van der Waals surface area contributed by atoms with E-state index >= 15 is 0 Å². The van der Waals surface area contributed by atoms with E-state index in [4.69, 9.17) is 9.47 Å². The normalized spacial score (nSPS) is 22.6. The number of hydrogen-bond acceptors (Lipinski definition) is 5. The number of likely N-dealkylation sites (tertiary alicyclic amines) is 1. The summed E-state index contributed by atoms with van der Waals surface area (Å²) in [4.78, 5) is 40.7. The summed E-state index contributed by atoms with van der Waals surface area (Å²) in [5.41, 5.74) is -0.704. The third kappa shape index (κ3) is 3.43. The van der Waals surface area contributed by atoms with E-state index < -0.39 is 17.5 Å². The molecule has 0 aliphatic carbocycles. The largest absolute Gasteiger partial charge is 0.493 e. The van der Waals surface area contributed by atoms with Gasteiger partial charge in [0.05, 0.1) is 14.2 Å². The van der Waals surface area contributed by atoms with Gasteiger partial charge in [-0.25, -0.2) is 4.79 Å². The number of carbonyl (C=O) groups excluding carboxylic acids is 3. The molecule has 0 saturated carbocycles. The van der Waals surface area contributed by atoms with Gasteiger partial charge in [-0.3, -0.25) is 14.5 Å². The van der Waals surface area contributed by atoms with Crippen molar-refractivity contribution in [2.24, 2.45) is 0 Å². The predicted octanol–water partition coefficient (Wildman–Crippen LogP) is 1.48. The third-order valence-corrected chi connectivity index (χ3v) is 5.24. The Morgan fingerprint density at radius 1 is 1.11 bits per heavy atom. The maximum absolute atomic E-state index is 13.0. The van der Waals surface area contributed by atoms with E-state index in [1.807, 2.05) is 0 Å². The summed E-state index contributed by atoms with van der Waals surface area (Å²) in [6, 6.07) is 4.48. The van der Waals surface area contributed by atoms with Crippen LogP contribution in [0.5, 0.6) is 11.5 Å². The number of piperidine rings is 1. The second kappa shape index (κ2) is 7.46. The molecule has 0 bridgehead atoms. The fourth-order valence-electron chi connectivity index (χ4n) is 3.56. The smallest absolute Gasteiger partial charge is 0.325 e. The lowest BCUT2D eigenvalue weighted by Gasteiger charge is -2.28. The van der Waals surface area contributed by atoms with Gasteiger partial charge in [-0.1, -0.05) is 6.07 Å². The Kier molecular flexibility index (Phi) is 5.25. The first-order valence-electron chi connectivity index (χ1n) is 9.05. The number of urea groups is 1. The van der Waals surface area contributed by atoms with Crippen molar-refractivity contribution in [1.29, 1.82) is 0 Å². The van der Waals surface area contributed by atoms with E-state index in [2.05, 4.69) is 5.32 Å². The molecule has 1 unspecified atom stereocenters. The number of nitrogens with one attached hydrogen (secondary N) is 1. The summed E-state index contributed by atoms with van der Waals surface area (Å²) in [6.07, 6.45) is 3.01. The minimum absolute atomic E-state index is 0.199. The lowest BCUT2D eigenvalue weighted by Crippen LogP contribution is -2.45. The maximum Gasteiger partial charge on any atom is 0.325 e. The van der Waals surface area contributed by atoms with Gasteiger partial charge in [0.25, 0.3) is 5.91 Å². The summed E-state index contributed by atoms with van der Waals surface area (Å²) in [6.45, 7) is 2.73. The zero-order valence-electron chi connectivity index (χ0n) is 15.9. The highest BCUT2D eigenvalue weighted by atomic mass is 16.5. The van der Waals surface area contributed by atoms with Crippen LogP contribution in [-0.2, 0) is 15.1 Å². The molecule has 1 atom stereocenters. The summed E-state index contributed by atoms with van der Waals surface area (Å²) in [7, 11) is 3.03. The number of nitrogens with zero attached hydrogens (tertiary/aromatic N) is 2. The SMILES string of the molecule is COc1ccc(C2(C)NC(=O)N(CC(=O)N3CCCCC3)C2=O)cc1OC. The van der Waals surface area contributed by atoms with Gasteiger partial charge in [-0.15, -0.1) is 0 Å². The Morgan fingerprint density at radius 3 is 2.41 bits per heavy atom. The Balaban J connectivity index is 1.81. The molecular formula is C19H25N3O5. The van der Waals surface area contributed by atoms with E-state index in [-0.39, 0.29) is 12.5 Å².